The number of piperazine rings is 1. The van der Waals surface area contributed by atoms with E-state index in [4.69, 9.17) is 0 Å². The maximum atomic E-state index is 4.57. The zero-order valence-electron chi connectivity index (χ0n) is 12.6. The Kier molecular flexibility index (Phi) is 3.48. The van der Waals surface area contributed by atoms with E-state index in [1.165, 1.54) is 10.9 Å². The Balaban J connectivity index is 1.92. The number of nitrogens with zero attached hydrogens (tertiary/aromatic N) is 2. The van der Waals surface area contributed by atoms with Crippen LogP contribution in [-0.2, 0) is 6.54 Å². The molecule has 0 aliphatic carbocycles. The Hall–Kier alpha value is -1.45. The molecule has 1 saturated heterocycles. The largest absolute Gasteiger partial charge is 0.311 e. The second-order valence-corrected chi connectivity index (χ2v) is 6.47. The molecule has 1 fully saturated rings. The van der Waals surface area contributed by atoms with Crippen LogP contribution in [0.2, 0.25) is 0 Å². The number of fused-ring (bicyclic) bond motifs is 1. The summed E-state index contributed by atoms with van der Waals surface area (Å²) in [5, 5.41) is 4.80. The standard InChI is InChI=1S/C17H23N3/c1-13-10-20(17(2,3)12-19-13)11-15-7-4-6-14-8-5-9-18-16(14)15/h4-9,13,19H,10-12H2,1-3H3. The highest BCUT2D eigenvalue weighted by Crippen LogP contribution is 2.24. The van der Waals surface area contributed by atoms with E-state index in [0.717, 1.165) is 25.2 Å². The van der Waals surface area contributed by atoms with Gasteiger partial charge < -0.3 is 5.32 Å². The molecule has 2 heterocycles. The molecular formula is C17H23N3. The fourth-order valence-corrected chi connectivity index (χ4v) is 2.96. The van der Waals surface area contributed by atoms with Gasteiger partial charge in [0.1, 0.15) is 0 Å². The maximum Gasteiger partial charge on any atom is 0.0746 e. The number of nitrogens with one attached hydrogen (secondary N) is 1. The molecule has 0 saturated carbocycles. The zero-order chi connectivity index (χ0) is 14.2. The van der Waals surface area contributed by atoms with Crippen molar-refractivity contribution in [3.63, 3.8) is 0 Å². The highest BCUT2D eigenvalue weighted by molar-refractivity contribution is 5.81. The van der Waals surface area contributed by atoms with E-state index in [1.54, 1.807) is 0 Å². The van der Waals surface area contributed by atoms with Crippen LogP contribution in [0.25, 0.3) is 10.9 Å². The first-order chi connectivity index (χ1) is 9.56. The lowest BCUT2D eigenvalue weighted by Gasteiger charge is -2.45. The van der Waals surface area contributed by atoms with Gasteiger partial charge in [-0.1, -0.05) is 24.3 Å². The van der Waals surface area contributed by atoms with E-state index in [0.29, 0.717) is 6.04 Å². The minimum absolute atomic E-state index is 0.184. The van der Waals surface area contributed by atoms with Crippen molar-refractivity contribution in [2.75, 3.05) is 13.1 Å². The van der Waals surface area contributed by atoms with Crippen molar-refractivity contribution in [3.05, 3.63) is 42.1 Å². The number of para-hydroxylation sites is 1. The molecule has 3 heteroatoms. The number of pyridine rings is 1. The highest BCUT2D eigenvalue weighted by Gasteiger charge is 2.32. The number of rotatable bonds is 2. The smallest absolute Gasteiger partial charge is 0.0746 e. The van der Waals surface area contributed by atoms with Gasteiger partial charge in [-0.15, -0.1) is 0 Å². The van der Waals surface area contributed by atoms with Gasteiger partial charge in [0.2, 0.25) is 0 Å². The minimum Gasteiger partial charge on any atom is -0.311 e. The van der Waals surface area contributed by atoms with Gasteiger partial charge in [0.15, 0.2) is 0 Å². The molecule has 1 aliphatic heterocycles. The van der Waals surface area contributed by atoms with Crippen LogP contribution in [-0.4, -0.2) is 34.6 Å². The normalized spacial score (nSPS) is 23.1. The van der Waals surface area contributed by atoms with Crippen molar-refractivity contribution in [3.8, 4) is 0 Å². The molecule has 2 aromatic rings. The van der Waals surface area contributed by atoms with E-state index in [-0.39, 0.29) is 5.54 Å². The van der Waals surface area contributed by atoms with E-state index in [1.807, 2.05) is 12.3 Å². The van der Waals surface area contributed by atoms with Crippen molar-refractivity contribution < 1.29 is 0 Å². The lowest BCUT2D eigenvalue weighted by Crippen LogP contribution is -2.60. The summed E-state index contributed by atoms with van der Waals surface area (Å²) in [7, 11) is 0. The van der Waals surface area contributed by atoms with Crippen molar-refractivity contribution in [2.45, 2.75) is 38.9 Å². The van der Waals surface area contributed by atoms with Crippen molar-refractivity contribution in [2.24, 2.45) is 0 Å². The van der Waals surface area contributed by atoms with Gasteiger partial charge in [-0.05, 0) is 32.4 Å². The van der Waals surface area contributed by atoms with Crippen LogP contribution < -0.4 is 5.32 Å². The van der Waals surface area contributed by atoms with Crippen LogP contribution in [0, 0.1) is 0 Å². The Morgan fingerprint density at radius 1 is 1.30 bits per heavy atom. The number of hydrogen-bond acceptors (Lipinski definition) is 3. The number of hydrogen-bond donors (Lipinski definition) is 1. The predicted octanol–water partition coefficient (Wildman–Crippen LogP) is 2.81. The van der Waals surface area contributed by atoms with Crippen LogP contribution >= 0.6 is 0 Å². The summed E-state index contributed by atoms with van der Waals surface area (Å²) in [4.78, 5) is 7.14. The van der Waals surface area contributed by atoms with Crippen molar-refractivity contribution in [1.29, 1.82) is 0 Å². The second kappa shape index (κ2) is 5.15. The van der Waals surface area contributed by atoms with Crippen molar-refractivity contribution in [1.82, 2.24) is 15.2 Å². The van der Waals surface area contributed by atoms with E-state index >= 15 is 0 Å². The molecule has 0 spiro atoms. The fourth-order valence-electron chi connectivity index (χ4n) is 2.96. The summed E-state index contributed by atoms with van der Waals surface area (Å²) < 4.78 is 0. The Morgan fingerprint density at radius 3 is 2.95 bits per heavy atom. The summed E-state index contributed by atoms with van der Waals surface area (Å²) in [5.74, 6) is 0. The Bertz CT molecular complexity index is 601. The van der Waals surface area contributed by atoms with Crippen molar-refractivity contribution >= 4 is 10.9 Å². The van der Waals surface area contributed by atoms with E-state index in [2.05, 4.69) is 60.2 Å². The minimum atomic E-state index is 0.184. The average molecular weight is 269 g/mol. The van der Waals surface area contributed by atoms with E-state index in [9.17, 15) is 0 Å². The first kappa shape index (κ1) is 13.5. The first-order valence-electron chi connectivity index (χ1n) is 7.37. The molecule has 1 aromatic heterocycles. The van der Waals surface area contributed by atoms with Gasteiger partial charge in [-0.3, -0.25) is 9.88 Å². The van der Waals surface area contributed by atoms with Crippen LogP contribution in [0.4, 0.5) is 0 Å². The molecule has 1 unspecified atom stereocenters. The predicted molar refractivity (Wildman–Crippen MR) is 83.7 cm³/mol. The molecule has 3 nitrogen and oxygen atoms in total. The van der Waals surface area contributed by atoms with Gasteiger partial charge in [0.25, 0.3) is 0 Å². The van der Waals surface area contributed by atoms with Gasteiger partial charge in [-0.25, -0.2) is 0 Å². The third-order valence-corrected chi connectivity index (χ3v) is 4.31. The topological polar surface area (TPSA) is 28.2 Å². The van der Waals surface area contributed by atoms with Gasteiger partial charge in [0.05, 0.1) is 5.52 Å². The Labute approximate surface area is 121 Å². The third kappa shape index (κ3) is 2.56. The lowest BCUT2D eigenvalue weighted by atomic mass is 9.96. The molecule has 1 aromatic carbocycles. The Morgan fingerprint density at radius 2 is 2.10 bits per heavy atom. The lowest BCUT2D eigenvalue weighted by molar-refractivity contribution is 0.0630. The first-order valence-corrected chi connectivity index (χ1v) is 7.37. The zero-order valence-corrected chi connectivity index (χ0v) is 12.6. The van der Waals surface area contributed by atoms with Gasteiger partial charge >= 0.3 is 0 Å². The summed E-state index contributed by atoms with van der Waals surface area (Å²) >= 11 is 0. The van der Waals surface area contributed by atoms with Gasteiger partial charge in [0, 0.05) is 42.8 Å². The molecule has 0 radical (unpaired) electrons. The molecule has 1 N–H and O–H groups in total. The maximum absolute atomic E-state index is 4.57. The van der Waals surface area contributed by atoms with Crippen LogP contribution in [0.5, 0.6) is 0 Å². The molecular weight excluding hydrogens is 246 g/mol. The average Bonchev–Trinajstić information content (AvgIpc) is 2.44. The molecule has 0 bridgehead atoms. The molecule has 20 heavy (non-hydrogen) atoms. The summed E-state index contributed by atoms with van der Waals surface area (Å²) in [5.41, 5.74) is 2.64. The summed E-state index contributed by atoms with van der Waals surface area (Å²) in [6, 6.07) is 11.2. The highest BCUT2D eigenvalue weighted by atomic mass is 15.3. The molecule has 1 aliphatic rings. The molecule has 1 atom stereocenters. The quantitative estimate of drug-likeness (QED) is 0.908. The summed E-state index contributed by atoms with van der Waals surface area (Å²) in [6.07, 6.45) is 1.89. The molecule has 0 amide bonds. The second-order valence-electron chi connectivity index (χ2n) is 6.47. The van der Waals surface area contributed by atoms with Gasteiger partial charge in [-0.2, -0.15) is 0 Å². The van der Waals surface area contributed by atoms with Crippen LogP contribution in [0.1, 0.15) is 26.3 Å². The van der Waals surface area contributed by atoms with Crippen LogP contribution in [0.15, 0.2) is 36.5 Å². The fraction of sp³-hybridized carbons (Fsp3) is 0.471. The SMILES string of the molecule is CC1CN(Cc2cccc3cccnc23)C(C)(C)CN1. The molecule has 3 rings (SSSR count). The molecule has 106 valence electrons. The number of aromatic nitrogens is 1. The summed E-state index contributed by atoms with van der Waals surface area (Å²) in [6.45, 7) is 9.95. The monoisotopic (exact) mass is 269 g/mol. The van der Waals surface area contributed by atoms with E-state index < -0.39 is 0 Å². The van der Waals surface area contributed by atoms with Crippen LogP contribution in [0.3, 0.4) is 0 Å². The third-order valence-electron chi connectivity index (χ3n) is 4.31. The number of benzene rings is 1.